The van der Waals surface area contributed by atoms with Gasteiger partial charge in [0.2, 0.25) is 0 Å². The highest BCUT2D eigenvalue weighted by molar-refractivity contribution is 6.43. The summed E-state index contributed by atoms with van der Waals surface area (Å²) >= 11 is 0. The number of carbonyl (C=O) groups is 3. The average molecular weight is 413 g/mol. The van der Waals surface area contributed by atoms with E-state index in [1.165, 1.54) is 12.1 Å². The minimum absolute atomic E-state index is 0.205. The summed E-state index contributed by atoms with van der Waals surface area (Å²) in [5, 5.41) is 5.66. The Balaban J connectivity index is 1.86. The number of hydrogen-bond donors (Lipinski definition) is 2. The minimum atomic E-state index is -0.644. The van der Waals surface area contributed by atoms with Gasteiger partial charge >= 0.3 is 0 Å². The Morgan fingerprint density at radius 3 is 2.37 bits per heavy atom. The number of rotatable bonds is 6. The van der Waals surface area contributed by atoms with Crippen molar-refractivity contribution < 1.29 is 18.8 Å². The normalized spacial score (nSPS) is 14.7. The van der Waals surface area contributed by atoms with Crippen LogP contribution in [-0.4, -0.2) is 27.7 Å². The zero-order valence-electron chi connectivity index (χ0n) is 18.1. The Kier molecular flexibility index (Phi) is 5.83. The van der Waals surface area contributed by atoms with Crippen LogP contribution in [0.25, 0.3) is 0 Å². The minimum Gasteiger partial charge on any atom is -0.344 e. The molecule has 0 atom stereocenters. The summed E-state index contributed by atoms with van der Waals surface area (Å²) in [6.07, 6.45) is 3.57. The summed E-state index contributed by atoms with van der Waals surface area (Å²) in [6, 6.07) is 4.32. The monoisotopic (exact) mass is 413 g/mol. The van der Waals surface area contributed by atoms with Crippen LogP contribution in [0.1, 0.15) is 70.3 Å². The molecule has 2 amide bonds. The number of ketones is 1. The van der Waals surface area contributed by atoms with E-state index in [1.54, 1.807) is 38.5 Å². The molecule has 1 aromatic carbocycles. The van der Waals surface area contributed by atoms with E-state index in [0.29, 0.717) is 28.1 Å². The van der Waals surface area contributed by atoms with E-state index in [0.717, 1.165) is 25.7 Å². The van der Waals surface area contributed by atoms with Crippen LogP contribution < -0.4 is 10.6 Å². The quantitative estimate of drug-likeness (QED) is 0.555. The molecule has 0 aliphatic heterocycles. The first-order valence-electron chi connectivity index (χ1n) is 10.2. The Bertz CT molecular complexity index is 1030. The van der Waals surface area contributed by atoms with Gasteiger partial charge in [-0.1, -0.05) is 6.92 Å². The summed E-state index contributed by atoms with van der Waals surface area (Å²) in [5.41, 5.74) is 2.16. The number of anilines is 1. The predicted octanol–water partition coefficient (Wildman–Crippen LogP) is 3.97. The summed E-state index contributed by atoms with van der Waals surface area (Å²) in [5.74, 6) is -2.04. The maximum atomic E-state index is 13.5. The molecule has 1 aliphatic carbocycles. The van der Waals surface area contributed by atoms with Crippen molar-refractivity contribution in [1.82, 2.24) is 9.88 Å². The number of hydrogen-bond acceptors (Lipinski definition) is 3. The zero-order valence-corrected chi connectivity index (χ0v) is 18.1. The van der Waals surface area contributed by atoms with Gasteiger partial charge in [-0.2, -0.15) is 0 Å². The summed E-state index contributed by atoms with van der Waals surface area (Å²) in [4.78, 5) is 38.5. The number of Topliss-reactive ketones (excluding diaryl/α,β-unsaturated/α-hetero) is 1. The first kappa shape index (κ1) is 21.7. The molecule has 1 fully saturated rings. The lowest BCUT2D eigenvalue weighted by Gasteiger charge is -2.41. The number of carbonyl (C=O) groups excluding carboxylic acids is 3. The summed E-state index contributed by atoms with van der Waals surface area (Å²) in [7, 11) is 1.67. The third-order valence-electron chi connectivity index (χ3n) is 6.36. The van der Waals surface area contributed by atoms with Crippen molar-refractivity contribution in [2.24, 2.45) is 7.05 Å². The molecule has 0 saturated heterocycles. The van der Waals surface area contributed by atoms with Crippen LogP contribution >= 0.6 is 0 Å². The Hall–Kier alpha value is -2.96. The van der Waals surface area contributed by atoms with Crippen molar-refractivity contribution in [3.05, 3.63) is 52.1 Å². The molecule has 0 bridgehead atoms. The number of aryl methyl sites for hydroxylation is 1. The number of nitrogens with zero attached hydrogens (tertiary/aromatic N) is 1. The fraction of sp³-hybridized carbons (Fsp3) is 0.435. The van der Waals surface area contributed by atoms with Gasteiger partial charge in [0.15, 0.2) is 0 Å². The van der Waals surface area contributed by atoms with Crippen LogP contribution in [0.3, 0.4) is 0 Å². The van der Waals surface area contributed by atoms with Crippen molar-refractivity contribution >= 4 is 23.3 Å². The second kappa shape index (κ2) is 8.05. The number of amides is 2. The number of benzene rings is 1. The van der Waals surface area contributed by atoms with Crippen LogP contribution in [0.5, 0.6) is 0 Å². The van der Waals surface area contributed by atoms with Gasteiger partial charge in [-0.25, -0.2) is 4.39 Å². The third kappa shape index (κ3) is 3.76. The molecule has 1 heterocycles. The third-order valence-corrected chi connectivity index (χ3v) is 6.36. The molecule has 2 N–H and O–H groups in total. The first-order chi connectivity index (χ1) is 14.1. The molecule has 0 unspecified atom stereocenters. The molecule has 3 rings (SSSR count). The fourth-order valence-corrected chi connectivity index (χ4v) is 4.13. The van der Waals surface area contributed by atoms with Crippen molar-refractivity contribution in [1.29, 1.82) is 0 Å². The molecule has 160 valence electrons. The van der Waals surface area contributed by atoms with E-state index in [9.17, 15) is 18.8 Å². The molecule has 1 aromatic heterocycles. The van der Waals surface area contributed by atoms with E-state index in [2.05, 4.69) is 10.6 Å². The van der Waals surface area contributed by atoms with Crippen LogP contribution in [0, 0.1) is 26.6 Å². The van der Waals surface area contributed by atoms with Crippen molar-refractivity contribution in [2.75, 3.05) is 5.32 Å². The van der Waals surface area contributed by atoms with Gasteiger partial charge in [-0.3, -0.25) is 14.4 Å². The number of aromatic nitrogens is 1. The second-order valence-corrected chi connectivity index (χ2v) is 8.18. The maximum absolute atomic E-state index is 13.5. The fourth-order valence-electron chi connectivity index (χ4n) is 4.13. The molecule has 0 spiro atoms. The summed E-state index contributed by atoms with van der Waals surface area (Å²) < 4.78 is 15.1. The lowest BCUT2D eigenvalue weighted by Crippen LogP contribution is -2.54. The van der Waals surface area contributed by atoms with Gasteiger partial charge < -0.3 is 15.2 Å². The maximum Gasteiger partial charge on any atom is 0.294 e. The van der Waals surface area contributed by atoms with Crippen molar-refractivity contribution in [3.63, 3.8) is 0 Å². The highest BCUT2D eigenvalue weighted by atomic mass is 19.1. The van der Waals surface area contributed by atoms with Crippen molar-refractivity contribution in [3.8, 4) is 0 Å². The molecule has 1 aliphatic rings. The van der Waals surface area contributed by atoms with E-state index in [4.69, 9.17) is 0 Å². The molecule has 6 nitrogen and oxygen atoms in total. The zero-order chi connectivity index (χ0) is 22.2. The predicted molar refractivity (Wildman–Crippen MR) is 113 cm³/mol. The molecular weight excluding hydrogens is 385 g/mol. The van der Waals surface area contributed by atoms with Crippen LogP contribution in [0.4, 0.5) is 10.1 Å². The lowest BCUT2D eigenvalue weighted by molar-refractivity contribution is -0.120. The lowest BCUT2D eigenvalue weighted by atomic mass is 9.74. The Labute approximate surface area is 175 Å². The highest BCUT2D eigenvalue weighted by Crippen LogP contribution is 2.34. The van der Waals surface area contributed by atoms with E-state index in [1.807, 2.05) is 6.92 Å². The Morgan fingerprint density at radius 1 is 1.17 bits per heavy atom. The molecule has 0 radical (unpaired) electrons. The molecule has 2 aromatic rings. The average Bonchev–Trinajstić information content (AvgIpc) is 2.89. The standard InChI is InChI=1S/C23H28FN3O3/c1-6-23(10-7-11-23)26-22(30)20(28)19-14(3)18(15(4)27(19)5)21(29)25-16-8-9-17(24)13(2)12-16/h8-9,12H,6-7,10-11H2,1-5H3,(H,25,29)(H,26,30). The molecule has 1 saturated carbocycles. The van der Waals surface area contributed by atoms with E-state index >= 15 is 0 Å². The van der Waals surface area contributed by atoms with Crippen molar-refractivity contribution in [2.45, 2.75) is 58.9 Å². The number of nitrogens with one attached hydrogen (secondary N) is 2. The first-order valence-corrected chi connectivity index (χ1v) is 10.2. The molecule has 7 heteroatoms. The van der Waals surface area contributed by atoms with Crippen LogP contribution in [0.2, 0.25) is 0 Å². The molecule has 30 heavy (non-hydrogen) atoms. The van der Waals surface area contributed by atoms with Gasteiger partial charge in [-0.05, 0) is 75.8 Å². The van der Waals surface area contributed by atoms with E-state index < -0.39 is 17.6 Å². The summed E-state index contributed by atoms with van der Waals surface area (Å²) in [6.45, 7) is 7.01. The van der Waals surface area contributed by atoms with Crippen LogP contribution in [-0.2, 0) is 11.8 Å². The smallest absolute Gasteiger partial charge is 0.294 e. The van der Waals surface area contributed by atoms with Gasteiger partial charge in [0.25, 0.3) is 17.6 Å². The second-order valence-electron chi connectivity index (χ2n) is 8.18. The van der Waals surface area contributed by atoms with Crippen LogP contribution in [0.15, 0.2) is 18.2 Å². The van der Waals surface area contributed by atoms with Gasteiger partial charge in [0.05, 0.1) is 11.3 Å². The van der Waals surface area contributed by atoms with E-state index in [-0.39, 0.29) is 17.1 Å². The SMILES string of the molecule is CCC1(NC(=O)C(=O)c2c(C)c(C(=O)Nc3ccc(F)c(C)c3)c(C)n2C)CCC1. The largest absolute Gasteiger partial charge is 0.344 e. The number of halogens is 1. The topological polar surface area (TPSA) is 80.2 Å². The van der Waals surface area contributed by atoms with Gasteiger partial charge in [0.1, 0.15) is 5.82 Å². The molecular formula is C23H28FN3O3. The van der Waals surface area contributed by atoms with Gasteiger partial charge in [-0.15, -0.1) is 0 Å². The highest BCUT2D eigenvalue weighted by Gasteiger charge is 2.39. The van der Waals surface area contributed by atoms with Gasteiger partial charge in [0, 0.05) is 24.0 Å². The Morgan fingerprint density at radius 2 is 1.83 bits per heavy atom.